The van der Waals surface area contributed by atoms with Gasteiger partial charge >= 0.3 is 5.97 Å². The molecular formula is C20H21ClN2O3S. The zero-order valence-electron chi connectivity index (χ0n) is 15.4. The van der Waals surface area contributed by atoms with E-state index in [0.717, 1.165) is 21.2 Å². The van der Waals surface area contributed by atoms with E-state index in [1.807, 2.05) is 36.4 Å². The molecule has 0 bridgehead atoms. The summed E-state index contributed by atoms with van der Waals surface area (Å²) in [5.74, 6) is -0.0192. The highest BCUT2D eigenvalue weighted by molar-refractivity contribution is 7.17. The van der Waals surface area contributed by atoms with Crippen LogP contribution in [0.1, 0.15) is 29.9 Å². The Balaban J connectivity index is 1.94. The molecule has 142 valence electrons. The van der Waals surface area contributed by atoms with Gasteiger partial charge in [-0.2, -0.15) is 5.10 Å². The lowest BCUT2D eigenvalue weighted by atomic mass is 10.2. The lowest BCUT2D eigenvalue weighted by Crippen LogP contribution is -2.07. The summed E-state index contributed by atoms with van der Waals surface area (Å²) >= 11 is 7.82. The van der Waals surface area contributed by atoms with Gasteiger partial charge in [-0.05, 0) is 35.7 Å². The van der Waals surface area contributed by atoms with E-state index in [1.54, 1.807) is 10.7 Å². The monoisotopic (exact) mass is 404 g/mol. The largest absolute Gasteiger partial charge is 0.484 e. The van der Waals surface area contributed by atoms with Crippen LogP contribution < -0.4 is 4.74 Å². The second-order valence-electron chi connectivity index (χ2n) is 6.48. The average Bonchev–Trinajstić information content (AvgIpc) is 3.28. The maximum absolute atomic E-state index is 12.0. The summed E-state index contributed by atoms with van der Waals surface area (Å²) in [5.41, 5.74) is 2.00. The Hall–Kier alpha value is -2.31. The number of carbonyl (C=O) groups is 1. The predicted molar refractivity (Wildman–Crippen MR) is 108 cm³/mol. The molecule has 5 nitrogen and oxygen atoms in total. The molecule has 0 radical (unpaired) electrons. The number of halogens is 1. The van der Waals surface area contributed by atoms with Crippen LogP contribution in [0.3, 0.4) is 0 Å². The number of nitrogens with zero attached hydrogens (tertiary/aromatic N) is 2. The van der Waals surface area contributed by atoms with Gasteiger partial charge in [0.2, 0.25) is 0 Å². The van der Waals surface area contributed by atoms with E-state index in [4.69, 9.17) is 21.1 Å². The number of methoxy groups -OCH3 is 1. The minimum Gasteiger partial charge on any atom is -0.484 e. The van der Waals surface area contributed by atoms with Crippen molar-refractivity contribution in [3.8, 4) is 15.6 Å². The topological polar surface area (TPSA) is 53.4 Å². The normalized spacial score (nSPS) is 11.0. The van der Waals surface area contributed by atoms with Crippen molar-refractivity contribution in [2.45, 2.75) is 20.4 Å². The fourth-order valence-electron chi connectivity index (χ4n) is 2.51. The Morgan fingerprint density at radius 2 is 2.04 bits per heavy atom. The molecule has 0 unspecified atom stereocenters. The third-order valence-corrected chi connectivity index (χ3v) is 5.23. The number of ether oxygens (including phenoxy) is 2. The summed E-state index contributed by atoms with van der Waals surface area (Å²) in [6.45, 7) is 5.32. The maximum atomic E-state index is 12.0. The molecule has 2 heterocycles. The Kier molecular flexibility index (Phi) is 6.19. The zero-order chi connectivity index (χ0) is 19.4. The van der Waals surface area contributed by atoms with Crippen LogP contribution in [0.25, 0.3) is 10.6 Å². The van der Waals surface area contributed by atoms with Crippen LogP contribution in [0.4, 0.5) is 0 Å². The highest BCUT2D eigenvalue weighted by Crippen LogP contribution is 2.34. The van der Waals surface area contributed by atoms with Gasteiger partial charge in [-0.25, -0.2) is 4.79 Å². The third kappa shape index (κ3) is 4.70. The molecule has 0 saturated carbocycles. The third-order valence-electron chi connectivity index (χ3n) is 3.85. The first-order chi connectivity index (χ1) is 13.0. The molecule has 0 aliphatic carbocycles. The molecule has 0 atom stereocenters. The van der Waals surface area contributed by atoms with Gasteiger partial charge in [0.15, 0.2) is 10.8 Å². The average molecular weight is 405 g/mol. The van der Waals surface area contributed by atoms with Crippen molar-refractivity contribution in [2.75, 3.05) is 13.7 Å². The molecule has 0 fully saturated rings. The second kappa shape index (κ2) is 8.59. The second-order valence-corrected chi connectivity index (χ2v) is 7.93. The van der Waals surface area contributed by atoms with Crippen molar-refractivity contribution in [1.29, 1.82) is 0 Å². The van der Waals surface area contributed by atoms with Gasteiger partial charge in [0.1, 0.15) is 0 Å². The molecule has 0 amide bonds. The summed E-state index contributed by atoms with van der Waals surface area (Å²) in [5, 5.41) is 5.92. The maximum Gasteiger partial charge on any atom is 0.358 e. The van der Waals surface area contributed by atoms with Crippen molar-refractivity contribution >= 4 is 28.9 Å². The van der Waals surface area contributed by atoms with Gasteiger partial charge in [0, 0.05) is 5.02 Å². The molecule has 0 N–H and O–H groups in total. The van der Waals surface area contributed by atoms with Crippen molar-refractivity contribution in [3.05, 3.63) is 58.7 Å². The molecule has 1 aromatic carbocycles. The predicted octanol–water partition coefficient (Wildman–Crippen LogP) is 5.13. The molecule has 3 aromatic rings. The number of hydrogen-bond donors (Lipinski definition) is 0. The molecular weight excluding hydrogens is 384 g/mol. The van der Waals surface area contributed by atoms with Crippen LogP contribution in [-0.2, 0) is 11.3 Å². The highest BCUT2D eigenvalue weighted by Gasteiger charge is 2.18. The van der Waals surface area contributed by atoms with Crippen LogP contribution >= 0.6 is 22.9 Å². The minimum atomic E-state index is -0.470. The molecule has 0 spiro atoms. The molecule has 2 aromatic heterocycles. The first-order valence-corrected chi connectivity index (χ1v) is 9.80. The lowest BCUT2D eigenvalue weighted by Gasteiger charge is -2.08. The van der Waals surface area contributed by atoms with Crippen molar-refractivity contribution in [2.24, 2.45) is 5.92 Å². The number of carbonyl (C=O) groups excluding carboxylic acids is 1. The van der Waals surface area contributed by atoms with Crippen LogP contribution in [0.5, 0.6) is 5.06 Å². The molecule has 27 heavy (non-hydrogen) atoms. The Labute approximate surface area is 167 Å². The van der Waals surface area contributed by atoms with Crippen molar-refractivity contribution in [3.63, 3.8) is 0 Å². The van der Waals surface area contributed by atoms with Crippen LogP contribution in [-0.4, -0.2) is 29.5 Å². The number of aromatic nitrogens is 2. The first kappa shape index (κ1) is 19.5. The first-order valence-electron chi connectivity index (χ1n) is 8.60. The number of rotatable bonds is 7. The molecule has 3 rings (SSSR count). The number of thiophene rings is 1. The summed E-state index contributed by atoms with van der Waals surface area (Å²) < 4.78 is 12.4. The Bertz CT molecular complexity index is 933. The highest BCUT2D eigenvalue weighted by atomic mass is 35.5. The van der Waals surface area contributed by atoms with Gasteiger partial charge in [0.05, 0.1) is 30.8 Å². The van der Waals surface area contributed by atoms with Gasteiger partial charge in [-0.3, -0.25) is 4.68 Å². The van der Waals surface area contributed by atoms with Gasteiger partial charge in [0.25, 0.3) is 0 Å². The summed E-state index contributed by atoms with van der Waals surface area (Å²) in [6.07, 6.45) is 0. The standard InChI is InChI=1S/C20H21ClN2O3S/c1-13(2)12-26-19-9-8-18(27-19)17-10-16(20(24)25-3)22-23(17)11-14-6-4-5-7-15(14)21/h4-10,13H,11-12H2,1-3H3. The van der Waals surface area contributed by atoms with E-state index in [9.17, 15) is 4.79 Å². The minimum absolute atomic E-state index is 0.262. The van der Waals surface area contributed by atoms with E-state index >= 15 is 0 Å². The van der Waals surface area contributed by atoms with E-state index < -0.39 is 5.97 Å². The van der Waals surface area contributed by atoms with Gasteiger partial charge < -0.3 is 9.47 Å². The van der Waals surface area contributed by atoms with Gasteiger partial charge in [-0.1, -0.05) is 55.0 Å². The Morgan fingerprint density at radius 3 is 2.74 bits per heavy atom. The number of hydrogen-bond acceptors (Lipinski definition) is 5. The van der Waals surface area contributed by atoms with E-state index in [2.05, 4.69) is 18.9 Å². The SMILES string of the molecule is COC(=O)c1cc(-c2ccc(OCC(C)C)s2)n(Cc2ccccc2Cl)n1. The van der Waals surface area contributed by atoms with Crippen LogP contribution in [0, 0.1) is 5.92 Å². The Morgan fingerprint density at radius 1 is 1.26 bits per heavy atom. The zero-order valence-corrected chi connectivity index (χ0v) is 17.0. The van der Waals surface area contributed by atoms with Gasteiger partial charge in [-0.15, -0.1) is 0 Å². The smallest absolute Gasteiger partial charge is 0.358 e. The number of esters is 1. The summed E-state index contributed by atoms with van der Waals surface area (Å²) in [4.78, 5) is 12.9. The van der Waals surface area contributed by atoms with Crippen LogP contribution in [0.2, 0.25) is 5.02 Å². The van der Waals surface area contributed by atoms with E-state index in [1.165, 1.54) is 18.4 Å². The van der Waals surface area contributed by atoms with Crippen LogP contribution in [0.15, 0.2) is 42.5 Å². The van der Waals surface area contributed by atoms with E-state index in [-0.39, 0.29) is 5.69 Å². The fourth-order valence-corrected chi connectivity index (χ4v) is 3.59. The number of benzene rings is 1. The molecule has 0 saturated heterocycles. The summed E-state index contributed by atoms with van der Waals surface area (Å²) in [7, 11) is 1.35. The van der Waals surface area contributed by atoms with E-state index in [0.29, 0.717) is 24.1 Å². The molecule has 7 heteroatoms. The molecule has 0 aliphatic heterocycles. The molecule has 0 aliphatic rings. The quantitative estimate of drug-likeness (QED) is 0.512. The van der Waals surface area contributed by atoms with Crippen molar-refractivity contribution < 1.29 is 14.3 Å². The van der Waals surface area contributed by atoms with Crippen molar-refractivity contribution in [1.82, 2.24) is 9.78 Å². The fraction of sp³-hybridized carbons (Fsp3) is 0.300. The summed E-state index contributed by atoms with van der Waals surface area (Å²) in [6, 6.07) is 13.2. The lowest BCUT2D eigenvalue weighted by molar-refractivity contribution is 0.0593.